The fraction of sp³-hybridized carbons (Fsp3) is 0.467. The van der Waals surface area contributed by atoms with Gasteiger partial charge < -0.3 is 24.2 Å². The van der Waals surface area contributed by atoms with E-state index in [9.17, 15) is 14.7 Å². The predicted molar refractivity (Wildman–Crippen MR) is 138 cm³/mol. The van der Waals surface area contributed by atoms with Crippen LogP contribution in [0.1, 0.15) is 50.8 Å². The molecule has 196 valence electrons. The van der Waals surface area contributed by atoms with Crippen LogP contribution in [0.3, 0.4) is 0 Å². The fourth-order valence-corrected chi connectivity index (χ4v) is 6.21. The number of ketones is 1. The molecule has 5 atom stereocenters. The lowest BCUT2D eigenvalue weighted by Crippen LogP contribution is -2.45. The Morgan fingerprint density at radius 1 is 1.08 bits per heavy atom. The van der Waals surface area contributed by atoms with Crippen molar-refractivity contribution in [1.82, 2.24) is 4.90 Å². The van der Waals surface area contributed by atoms with Gasteiger partial charge in [-0.3, -0.25) is 9.59 Å². The van der Waals surface area contributed by atoms with Gasteiger partial charge in [0.25, 0.3) is 5.91 Å². The molecular weight excluding hydrogens is 470 g/mol. The van der Waals surface area contributed by atoms with Crippen LogP contribution in [0.2, 0.25) is 0 Å². The van der Waals surface area contributed by atoms with E-state index in [1.807, 2.05) is 31.2 Å². The third-order valence-electron chi connectivity index (χ3n) is 7.93. The zero-order chi connectivity index (χ0) is 26.3. The Hall–Kier alpha value is -3.48. The van der Waals surface area contributed by atoms with Gasteiger partial charge in [-0.25, -0.2) is 0 Å². The number of hydrogen-bond donors (Lipinski definition) is 1. The van der Waals surface area contributed by atoms with Crippen molar-refractivity contribution in [2.24, 2.45) is 17.8 Å². The highest BCUT2D eigenvalue weighted by molar-refractivity contribution is 6.11. The summed E-state index contributed by atoms with van der Waals surface area (Å²) in [6.45, 7) is 6.93. The number of aromatic hydroxyl groups is 1. The van der Waals surface area contributed by atoms with Gasteiger partial charge >= 0.3 is 0 Å². The van der Waals surface area contributed by atoms with Crippen LogP contribution in [0.4, 0.5) is 0 Å². The topological polar surface area (TPSA) is 85.3 Å². The smallest absolute Gasteiger partial charge is 0.290 e. The molecule has 1 saturated carbocycles. The number of amides is 1. The molecule has 1 aliphatic carbocycles. The standard InChI is InChI=1S/C30H35NO6/c1-5-36-24-16-20(8-11-23(24)32)26-25-27(33)22-15-17(2)14-18(3)28(22)37-29(25)30(34)31(26)13-12-19-6-9-21(35-4)10-7-19/h6-11,16-18,22,26,28,32H,5,12-15H2,1-4H3. The Labute approximate surface area is 218 Å². The van der Waals surface area contributed by atoms with Crippen molar-refractivity contribution >= 4 is 11.7 Å². The van der Waals surface area contributed by atoms with Crippen LogP contribution in [0.5, 0.6) is 17.2 Å². The molecule has 1 N–H and O–H groups in total. The second-order valence-electron chi connectivity index (χ2n) is 10.5. The molecule has 0 bridgehead atoms. The van der Waals surface area contributed by atoms with Crippen molar-refractivity contribution in [3.63, 3.8) is 0 Å². The summed E-state index contributed by atoms with van der Waals surface area (Å²) in [5, 5.41) is 10.3. The number of methoxy groups -OCH3 is 1. The highest BCUT2D eigenvalue weighted by Gasteiger charge is 2.53. The molecule has 2 aromatic rings. The number of rotatable bonds is 7. The first kappa shape index (κ1) is 25.2. The van der Waals surface area contributed by atoms with E-state index in [1.165, 1.54) is 0 Å². The number of phenolic OH excluding ortho intramolecular Hbond substituents is 1. The Morgan fingerprint density at radius 2 is 1.84 bits per heavy atom. The summed E-state index contributed by atoms with van der Waals surface area (Å²) in [5.41, 5.74) is 2.22. The van der Waals surface area contributed by atoms with E-state index in [1.54, 1.807) is 30.2 Å². The van der Waals surface area contributed by atoms with Crippen molar-refractivity contribution in [2.75, 3.05) is 20.3 Å². The number of fused-ring (bicyclic) bond motifs is 1. The maximum Gasteiger partial charge on any atom is 0.290 e. The molecule has 2 heterocycles. The third kappa shape index (κ3) is 4.56. The first-order valence-corrected chi connectivity index (χ1v) is 13.2. The van der Waals surface area contributed by atoms with E-state index >= 15 is 0 Å². The molecule has 1 fully saturated rings. The quantitative estimate of drug-likeness (QED) is 0.580. The van der Waals surface area contributed by atoms with Crippen LogP contribution in [0.15, 0.2) is 53.8 Å². The largest absolute Gasteiger partial charge is 0.504 e. The molecular formula is C30H35NO6. The summed E-state index contributed by atoms with van der Waals surface area (Å²) in [7, 11) is 1.63. The second-order valence-corrected chi connectivity index (χ2v) is 10.5. The highest BCUT2D eigenvalue weighted by Crippen LogP contribution is 2.49. The SMILES string of the molecule is CCOc1cc(C2C3=C(OC4C(C)CC(C)CC4C3=O)C(=O)N2CCc2ccc(OC)cc2)ccc1O. The second kappa shape index (κ2) is 10.1. The molecule has 5 unspecified atom stereocenters. The van der Waals surface area contributed by atoms with Crippen molar-refractivity contribution in [2.45, 2.75) is 52.2 Å². The first-order valence-electron chi connectivity index (χ1n) is 13.2. The third-order valence-corrected chi connectivity index (χ3v) is 7.93. The van der Waals surface area contributed by atoms with E-state index in [-0.39, 0.29) is 41.1 Å². The van der Waals surface area contributed by atoms with E-state index in [4.69, 9.17) is 14.2 Å². The fourth-order valence-electron chi connectivity index (χ4n) is 6.21. The number of hydrogen-bond acceptors (Lipinski definition) is 6. The molecule has 2 aromatic carbocycles. The number of phenols is 1. The summed E-state index contributed by atoms with van der Waals surface area (Å²) < 4.78 is 17.3. The van der Waals surface area contributed by atoms with Gasteiger partial charge in [-0.1, -0.05) is 32.0 Å². The number of nitrogens with zero attached hydrogens (tertiary/aromatic N) is 1. The van der Waals surface area contributed by atoms with E-state index in [2.05, 4.69) is 13.8 Å². The lowest BCUT2D eigenvalue weighted by Gasteiger charge is -2.41. The number of Topliss-reactive ketones (excluding diaryl/α,β-unsaturated/α-hetero) is 1. The van der Waals surface area contributed by atoms with Gasteiger partial charge in [0.05, 0.1) is 31.2 Å². The Bertz CT molecular complexity index is 1220. The lowest BCUT2D eigenvalue weighted by atomic mass is 9.70. The van der Waals surface area contributed by atoms with Gasteiger partial charge in [0.1, 0.15) is 11.9 Å². The van der Waals surface area contributed by atoms with E-state index < -0.39 is 6.04 Å². The summed E-state index contributed by atoms with van der Waals surface area (Å²) in [6, 6.07) is 12.2. The van der Waals surface area contributed by atoms with Crippen molar-refractivity contribution in [3.05, 3.63) is 64.9 Å². The van der Waals surface area contributed by atoms with Gasteiger partial charge in [-0.05, 0) is 73.4 Å². The van der Waals surface area contributed by atoms with Gasteiger partial charge in [-0.2, -0.15) is 0 Å². The maximum absolute atomic E-state index is 14.0. The number of ether oxygens (including phenoxy) is 3. The lowest BCUT2D eigenvalue weighted by molar-refractivity contribution is -0.138. The summed E-state index contributed by atoms with van der Waals surface area (Å²) in [6.07, 6.45) is 2.08. The van der Waals surface area contributed by atoms with Crippen LogP contribution >= 0.6 is 0 Å². The summed E-state index contributed by atoms with van der Waals surface area (Å²) >= 11 is 0. The van der Waals surface area contributed by atoms with Crippen molar-refractivity contribution < 1.29 is 28.9 Å². The number of carbonyl (C=O) groups is 2. The Kier molecular flexibility index (Phi) is 6.88. The predicted octanol–water partition coefficient (Wildman–Crippen LogP) is 4.83. The maximum atomic E-state index is 14.0. The normalized spacial score (nSPS) is 27.0. The number of carbonyl (C=O) groups excluding carboxylic acids is 2. The average Bonchev–Trinajstić information content (AvgIpc) is 3.17. The Balaban J connectivity index is 1.52. The molecule has 0 radical (unpaired) electrons. The average molecular weight is 506 g/mol. The van der Waals surface area contributed by atoms with Crippen LogP contribution in [0, 0.1) is 17.8 Å². The Morgan fingerprint density at radius 3 is 2.54 bits per heavy atom. The van der Waals surface area contributed by atoms with Crippen molar-refractivity contribution in [3.8, 4) is 17.2 Å². The zero-order valence-corrected chi connectivity index (χ0v) is 21.9. The van der Waals surface area contributed by atoms with Gasteiger partial charge in [0.15, 0.2) is 23.0 Å². The molecule has 0 saturated heterocycles. The minimum Gasteiger partial charge on any atom is -0.504 e. The monoisotopic (exact) mass is 505 g/mol. The van der Waals surface area contributed by atoms with Crippen LogP contribution in [-0.2, 0) is 20.7 Å². The molecule has 1 amide bonds. The van der Waals surface area contributed by atoms with Crippen LogP contribution < -0.4 is 9.47 Å². The highest BCUT2D eigenvalue weighted by atomic mass is 16.5. The summed E-state index contributed by atoms with van der Waals surface area (Å²) in [5.74, 6) is 1.45. The minimum atomic E-state index is -0.596. The van der Waals surface area contributed by atoms with E-state index in [0.29, 0.717) is 36.8 Å². The minimum absolute atomic E-state index is 0.0148. The summed E-state index contributed by atoms with van der Waals surface area (Å²) in [4.78, 5) is 29.6. The zero-order valence-electron chi connectivity index (χ0n) is 21.9. The van der Waals surface area contributed by atoms with E-state index in [0.717, 1.165) is 29.7 Å². The van der Waals surface area contributed by atoms with Gasteiger partial charge in [0, 0.05) is 6.54 Å². The molecule has 0 aromatic heterocycles. The molecule has 37 heavy (non-hydrogen) atoms. The van der Waals surface area contributed by atoms with Crippen LogP contribution in [-0.4, -0.2) is 48.1 Å². The van der Waals surface area contributed by atoms with Crippen LogP contribution in [0.25, 0.3) is 0 Å². The molecule has 5 rings (SSSR count). The molecule has 3 aliphatic rings. The number of benzene rings is 2. The molecule has 0 spiro atoms. The van der Waals surface area contributed by atoms with Gasteiger partial charge in [0.2, 0.25) is 0 Å². The molecule has 2 aliphatic heterocycles. The van der Waals surface area contributed by atoms with Gasteiger partial charge in [-0.15, -0.1) is 0 Å². The first-order chi connectivity index (χ1) is 17.8. The molecule has 7 nitrogen and oxygen atoms in total. The van der Waals surface area contributed by atoms with Crippen molar-refractivity contribution in [1.29, 1.82) is 0 Å². The molecule has 7 heteroatoms.